The average Bonchev–Trinajstić information content (AvgIpc) is 2.67. The van der Waals surface area contributed by atoms with Crippen LogP contribution in [0.1, 0.15) is 31.9 Å². The number of nitrogens with one attached hydrogen (secondary N) is 1. The predicted octanol–water partition coefficient (Wildman–Crippen LogP) is 5.73. The first-order valence-electron chi connectivity index (χ1n) is 9.94. The van der Waals surface area contributed by atoms with Gasteiger partial charge in [-0.25, -0.2) is 18.0 Å². The van der Waals surface area contributed by atoms with Crippen molar-refractivity contribution in [3.63, 3.8) is 0 Å². The predicted molar refractivity (Wildman–Crippen MR) is 138 cm³/mol. The summed E-state index contributed by atoms with van der Waals surface area (Å²) in [5.41, 5.74) is 1.02. The lowest BCUT2D eigenvalue weighted by Gasteiger charge is -2.25. The summed E-state index contributed by atoms with van der Waals surface area (Å²) in [4.78, 5) is 25.8. The molecule has 2 aromatic carbocycles. The van der Waals surface area contributed by atoms with E-state index in [1.165, 1.54) is 51.4 Å². The van der Waals surface area contributed by atoms with Crippen LogP contribution in [0.4, 0.5) is 15.3 Å². The molecule has 2 aromatic rings. The second kappa shape index (κ2) is 11.5. The van der Waals surface area contributed by atoms with Gasteiger partial charge in [0.25, 0.3) is 0 Å². The van der Waals surface area contributed by atoms with Crippen LogP contribution < -0.4 is 5.32 Å². The van der Waals surface area contributed by atoms with Gasteiger partial charge in [-0.3, -0.25) is 5.32 Å². The van der Waals surface area contributed by atoms with Gasteiger partial charge in [0.05, 0.1) is 39.3 Å². The number of hydrogen-bond donors (Lipinski definition) is 1. The van der Waals surface area contributed by atoms with Crippen molar-refractivity contribution in [3.05, 3.63) is 58.1 Å². The fourth-order valence-corrected chi connectivity index (χ4v) is 4.97. The number of amides is 2. The van der Waals surface area contributed by atoms with Gasteiger partial charge in [-0.15, -0.1) is 0 Å². The maximum Gasteiger partial charge on any atom is 0.411 e. The standard InChI is InChI=1S/C22H26BrIN2O6S/c1-22(2,3)32-21(28)26(4)14-16-13-18(9-10-19(16)33(24,29)30)25-20(27)31-12-11-15-5-7-17(23)8-6-15/h5-10,13H,11-12,14H2,1-4H3,(H,25,27). The second-order valence-corrected chi connectivity index (χ2v) is 13.9. The molecule has 180 valence electrons. The van der Waals surface area contributed by atoms with Crippen LogP contribution in [-0.4, -0.2) is 44.8 Å². The van der Waals surface area contributed by atoms with Crippen LogP contribution in [0, 0.1) is 0 Å². The molecule has 0 heterocycles. The van der Waals surface area contributed by atoms with E-state index in [-0.39, 0.29) is 18.0 Å². The molecule has 0 aliphatic carbocycles. The number of benzene rings is 2. The molecule has 2 rings (SSSR count). The Labute approximate surface area is 214 Å². The Hall–Kier alpha value is -1.86. The fourth-order valence-electron chi connectivity index (χ4n) is 2.75. The second-order valence-electron chi connectivity index (χ2n) is 8.23. The van der Waals surface area contributed by atoms with E-state index < -0.39 is 24.8 Å². The van der Waals surface area contributed by atoms with E-state index in [2.05, 4.69) is 21.2 Å². The van der Waals surface area contributed by atoms with Crippen molar-refractivity contribution in [2.24, 2.45) is 0 Å². The fraction of sp³-hybridized carbons (Fsp3) is 0.364. The lowest BCUT2D eigenvalue weighted by atomic mass is 10.2. The largest absolute Gasteiger partial charge is 0.449 e. The molecule has 8 nitrogen and oxygen atoms in total. The first-order chi connectivity index (χ1) is 15.2. The molecule has 11 heteroatoms. The summed E-state index contributed by atoms with van der Waals surface area (Å²) in [6.07, 6.45) is -0.702. The zero-order chi connectivity index (χ0) is 24.8. The smallest absolute Gasteiger partial charge is 0.411 e. The number of rotatable bonds is 7. The van der Waals surface area contributed by atoms with Crippen molar-refractivity contribution in [2.45, 2.75) is 44.2 Å². The Bertz CT molecular complexity index is 1100. The molecule has 0 aromatic heterocycles. The molecule has 0 radical (unpaired) electrons. The minimum absolute atomic E-state index is 0.0272. The molecule has 0 spiro atoms. The van der Waals surface area contributed by atoms with Crippen LogP contribution in [-0.2, 0) is 29.4 Å². The zero-order valence-electron chi connectivity index (χ0n) is 18.7. The molecule has 1 N–H and O–H groups in total. The van der Waals surface area contributed by atoms with Gasteiger partial charge in [0.1, 0.15) is 5.60 Å². The maximum atomic E-state index is 12.3. The van der Waals surface area contributed by atoms with Crippen molar-refractivity contribution < 1.29 is 27.5 Å². The minimum Gasteiger partial charge on any atom is -0.449 e. The highest BCUT2D eigenvalue weighted by Crippen LogP contribution is 2.27. The third kappa shape index (κ3) is 9.49. The third-order valence-corrected chi connectivity index (χ3v) is 7.10. The van der Waals surface area contributed by atoms with Crippen molar-refractivity contribution >= 4 is 62.0 Å². The van der Waals surface area contributed by atoms with Crippen molar-refractivity contribution in [1.82, 2.24) is 4.90 Å². The van der Waals surface area contributed by atoms with Crippen molar-refractivity contribution in [1.29, 1.82) is 0 Å². The normalized spacial score (nSPS) is 11.6. The van der Waals surface area contributed by atoms with Crippen LogP contribution in [0.15, 0.2) is 51.8 Å². The first-order valence-corrected chi connectivity index (χ1v) is 14.8. The topological polar surface area (TPSA) is 102 Å². The monoisotopic (exact) mass is 652 g/mol. The van der Waals surface area contributed by atoms with Gasteiger partial charge in [-0.2, -0.15) is 0 Å². The summed E-state index contributed by atoms with van der Waals surface area (Å²) < 4.78 is 35.9. The third-order valence-electron chi connectivity index (χ3n) is 4.22. The van der Waals surface area contributed by atoms with Gasteiger partial charge in [-0.05, 0) is 62.2 Å². The van der Waals surface area contributed by atoms with E-state index >= 15 is 0 Å². The van der Waals surface area contributed by atoms with Gasteiger partial charge < -0.3 is 14.4 Å². The molecular formula is C22H26BrIN2O6S. The first kappa shape index (κ1) is 27.4. The van der Waals surface area contributed by atoms with E-state index in [1.54, 1.807) is 20.8 Å². The molecule has 2 amide bonds. The summed E-state index contributed by atoms with van der Waals surface area (Å²) >= 11 is 4.71. The lowest BCUT2D eigenvalue weighted by Crippen LogP contribution is -2.34. The zero-order valence-corrected chi connectivity index (χ0v) is 23.3. The summed E-state index contributed by atoms with van der Waals surface area (Å²) in [6.45, 7) is 5.38. The highest BCUT2D eigenvalue weighted by atomic mass is 127. The number of nitrogens with zero attached hydrogens (tertiary/aromatic N) is 1. The van der Waals surface area contributed by atoms with Gasteiger partial charge >= 0.3 is 12.2 Å². The lowest BCUT2D eigenvalue weighted by molar-refractivity contribution is 0.0283. The summed E-state index contributed by atoms with van der Waals surface area (Å²) in [7, 11) is -2.08. The molecule has 0 bridgehead atoms. The van der Waals surface area contributed by atoms with E-state index in [9.17, 15) is 18.0 Å². The molecule has 0 fully saturated rings. The van der Waals surface area contributed by atoms with Gasteiger partial charge in [-0.1, -0.05) is 28.1 Å². The average molecular weight is 653 g/mol. The molecule has 0 atom stereocenters. The molecular weight excluding hydrogens is 627 g/mol. The molecule has 0 aliphatic rings. The highest BCUT2D eigenvalue weighted by molar-refractivity contribution is 14.2. The van der Waals surface area contributed by atoms with Crippen LogP contribution in [0.2, 0.25) is 0 Å². The molecule has 0 saturated carbocycles. The van der Waals surface area contributed by atoms with Crippen LogP contribution in [0.25, 0.3) is 0 Å². The van der Waals surface area contributed by atoms with Crippen LogP contribution >= 0.6 is 37.1 Å². The summed E-state index contributed by atoms with van der Waals surface area (Å²) in [5, 5.41) is 2.60. The minimum atomic E-state index is -3.59. The Balaban J connectivity index is 2.07. The quantitative estimate of drug-likeness (QED) is 0.303. The SMILES string of the molecule is CN(Cc1cc(NC(=O)OCCc2ccc(Br)cc2)ccc1S(=O)(=O)I)C(=O)OC(C)(C)C. The number of hydrogen-bond acceptors (Lipinski definition) is 6. The van der Waals surface area contributed by atoms with Crippen molar-refractivity contribution in [3.8, 4) is 0 Å². The van der Waals surface area contributed by atoms with Crippen LogP contribution in [0.5, 0.6) is 0 Å². The van der Waals surface area contributed by atoms with E-state index in [4.69, 9.17) is 9.47 Å². The number of halogens is 2. The Morgan fingerprint density at radius 2 is 1.76 bits per heavy atom. The number of carbonyl (C=O) groups excluding carboxylic acids is 2. The van der Waals surface area contributed by atoms with E-state index in [0.717, 1.165) is 10.0 Å². The van der Waals surface area contributed by atoms with Crippen LogP contribution in [0.3, 0.4) is 0 Å². The summed E-state index contributed by atoms with van der Waals surface area (Å²) in [5.74, 6) is 0. The molecule has 0 aliphatic heterocycles. The number of ether oxygens (including phenoxy) is 2. The summed E-state index contributed by atoms with van der Waals surface area (Å²) in [6, 6.07) is 12.0. The van der Waals surface area contributed by atoms with Gasteiger partial charge in [0, 0.05) is 23.6 Å². The Morgan fingerprint density at radius 1 is 1.12 bits per heavy atom. The van der Waals surface area contributed by atoms with Gasteiger partial charge in [0.15, 0.2) is 0 Å². The van der Waals surface area contributed by atoms with Gasteiger partial charge in [0.2, 0.25) is 7.01 Å². The van der Waals surface area contributed by atoms with Crippen molar-refractivity contribution in [2.75, 3.05) is 19.0 Å². The maximum absolute atomic E-state index is 12.3. The number of anilines is 1. The molecule has 0 unspecified atom stereocenters. The van der Waals surface area contributed by atoms with E-state index in [0.29, 0.717) is 17.7 Å². The molecule has 33 heavy (non-hydrogen) atoms. The highest BCUT2D eigenvalue weighted by Gasteiger charge is 2.23. The Kier molecular flexibility index (Phi) is 9.56. The number of carbonyl (C=O) groups is 2. The molecule has 0 saturated heterocycles. The van der Waals surface area contributed by atoms with E-state index in [1.807, 2.05) is 24.3 Å². The Morgan fingerprint density at radius 3 is 2.33 bits per heavy atom.